The van der Waals surface area contributed by atoms with Crippen LogP contribution in [0.2, 0.25) is 0 Å². The van der Waals surface area contributed by atoms with Crippen molar-refractivity contribution in [3.05, 3.63) is 12.0 Å². The number of aromatic nitrogens is 4. The molecule has 0 spiro atoms. The maximum atomic E-state index is 5.63. The standard InChI is InChI=1S/C13H19N5O2S/c1-9(2)12-15-13(20-16-12)18-5-3-10(4-6-18)8-19-11-7-14-21-17-11/h7,9-10H,3-6,8H2,1-2H3. The van der Waals surface area contributed by atoms with Gasteiger partial charge in [-0.25, -0.2) is 0 Å². The fourth-order valence-corrected chi connectivity index (χ4v) is 2.67. The monoisotopic (exact) mass is 309 g/mol. The smallest absolute Gasteiger partial charge is 0.324 e. The molecule has 21 heavy (non-hydrogen) atoms. The lowest BCUT2D eigenvalue weighted by molar-refractivity contribution is 0.215. The van der Waals surface area contributed by atoms with Crippen molar-refractivity contribution in [1.82, 2.24) is 18.9 Å². The van der Waals surface area contributed by atoms with Crippen LogP contribution in [0.1, 0.15) is 38.4 Å². The molecule has 0 radical (unpaired) electrons. The first-order valence-electron chi connectivity index (χ1n) is 7.21. The average molecular weight is 309 g/mol. The van der Waals surface area contributed by atoms with Crippen LogP contribution in [0.25, 0.3) is 0 Å². The normalized spacial score (nSPS) is 16.6. The third-order valence-corrected chi connectivity index (χ3v) is 4.10. The van der Waals surface area contributed by atoms with E-state index in [9.17, 15) is 0 Å². The van der Waals surface area contributed by atoms with E-state index < -0.39 is 0 Å². The van der Waals surface area contributed by atoms with Gasteiger partial charge in [-0.1, -0.05) is 19.0 Å². The molecule has 3 heterocycles. The van der Waals surface area contributed by atoms with E-state index in [4.69, 9.17) is 9.26 Å². The van der Waals surface area contributed by atoms with Crippen LogP contribution in [0, 0.1) is 5.92 Å². The molecule has 1 fully saturated rings. The van der Waals surface area contributed by atoms with E-state index in [2.05, 4.69) is 37.6 Å². The Morgan fingerprint density at radius 2 is 2.24 bits per heavy atom. The summed E-state index contributed by atoms with van der Waals surface area (Å²) in [6, 6.07) is 0.641. The lowest BCUT2D eigenvalue weighted by atomic mass is 9.98. The topological polar surface area (TPSA) is 77.2 Å². The first kappa shape index (κ1) is 14.2. The van der Waals surface area contributed by atoms with Gasteiger partial charge in [0.1, 0.15) is 6.20 Å². The van der Waals surface area contributed by atoms with E-state index in [1.165, 1.54) is 11.7 Å². The van der Waals surface area contributed by atoms with E-state index in [1.54, 1.807) is 6.20 Å². The van der Waals surface area contributed by atoms with Crippen LogP contribution in [-0.2, 0) is 0 Å². The summed E-state index contributed by atoms with van der Waals surface area (Å²) < 4.78 is 18.9. The van der Waals surface area contributed by atoms with Gasteiger partial charge >= 0.3 is 6.01 Å². The van der Waals surface area contributed by atoms with Crippen molar-refractivity contribution >= 4 is 17.7 Å². The molecule has 7 nitrogen and oxygen atoms in total. The summed E-state index contributed by atoms with van der Waals surface area (Å²) in [5.74, 6) is 2.22. The van der Waals surface area contributed by atoms with Crippen LogP contribution in [0.15, 0.2) is 10.7 Å². The van der Waals surface area contributed by atoms with Gasteiger partial charge in [-0.2, -0.15) is 9.36 Å². The van der Waals surface area contributed by atoms with Crippen LogP contribution in [0.3, 0.4) is 0 Å². The molecule has 114 valence electrons. The van der Waals surface area contributed by atoms with Crippen molar-refractivity contribution in [3.8, 4) is 5.88 Å². The Morgan fingerprint density at radius 1 is 1.43 bits per heavy atom. The summed E-state index contributed by atoms with van der Waals surface area (Å²) in [6.07, 6.45) is 3.76. The highest BCUT2D eigenvalue weighted by atomic mass is 32.1. The van der Waals surface area contributed by atoms with Gasteiger partial charge in [0.25, 0.3) is 0 Å². The van der Waals surface area contributed by atoms with E-state index in [-0.39, 0.29) is 0 Å². The zero-order chi connectivity index (χ0) is 14.7. The molecule has 1 aliphatic heterocycles. The van der Waals surface area contributed by atoms with Crippen molar-refractivity contribution in [2.75, 3.05) is 24.6 Å². The van der Waals surface area contributed by atoms with Crippen LogP contribution in [0.5, 0.6) is 5.88 Å². The Bertz CT molecular complexity index is 549. The van der Waals surface area contributed by atoms with Gasteiger partial charge < -0.3 is 14.2 Å². The van der Waals surface area contributed by atoms with Crippen LogP contribution < -0.4 is 9.64 Å². The summed E-state index contributed by atoms with van der Waals surface area (Å²) in [5, 5.41) is 4.01. The number of anilines is 1. The average Bonchev–Trinajstić information content (AvgIpc) is 3.17. The van der Waals surface area contributed by atoms with Crippen LogP contribution in [-0.4, -0.2) is 38.6 Å². The molecule has 2 aromatic rings. The van der Waals surface area contributed by atoms with Gasteiger partial charge in [0, 0.05) is 19.0 Å². The van der Waals surface area contributed by atoms with E-state index in [0.717, 1.165) is 31.8 Å². The predicted molar refractivity (Wildman–Crippen MR) is 78.7 cm³/mol. The molecule has 0 atom stereocenters. The zero-order valence-electron chi connectivity index (χ0n) is 12.2. The number of rotatable bonds is 5. The Balaban J connectivity index is 1.48. The summed E-state index contributed by atoms with van der Waals surface area (Å²) >= 11 is 1.17. The molecule has 1 aliphatic rings. The molecule has 8 heteroatoms. The second-order valence-corrected chi connectivity index (χ2v) is 6.13. The molecular formula is C13H19N5O2S. The number of nitrogens with zero attached hydrogens (tertiary/aromatic N) is 5. The van der Waals surface area contributed by atoms with Gasteiger partial charge in [0.05, 0.1) is 18.3 Å². The summed E-state index contributed by atoms with van der Waals surface area (Å²) in [4.78, 5) is 6.60. The Morgan fingerprint density at radius 3 is 2.86 bits per heavy atom. The Labute approximate surface area is 127 Å². The highest BCUT2D eigenvalue weighted by molar-refractivity contribution is 6.99. The van der Waals surface area contributed by atoms with Crippen LogP contribution >= 0.6 is 11.7 Å². The van der Waals surface area contributed by atoms with Crippen molar-refractivity contribution in [3.63, 3.8) is 0 Å². The van der Waals surface area contributed by atoms with Gasteiger partial charge in [-0.05, 0) is 18.8 Å². The molecule has 1 saturated heterocycles. The summed E-state index contributed by atoms with van der Waals surface area (Å²) in [5.41, 5.74) is 0. The third kappa shape index (κ3) is 3.49. The predicted octanol–water partition coefficient (Wildman–Crippen LogP) is 2.34. The SMILES string of the molecule is CC(C)c1noc(N2CCC(COc3cnsn3)CC2)n1. The number of piperidine rings is 1. The molecular weight excluding hydrogens is 290 g/mol. The summed E-state index contributed by atoms with van der Waals surface area (Å²) in [7, 11) is 0. The molecule has 0 amide bonds. The fourth-order valence-electron chi connectivity index (χ4n) is 2.30. The van der Waals surface area contributed by atoms with Crippen molar-refractivity contribution in [2.24, 2.45) is 5.92 Å². The molecule has 3 rings (SSSR count). The van der Waals surface area contributed by atoms with Gasteiger partial charge in [0.2, 0.25) is 5.88 Å². The van der Waals surface area contributed by atoms with Crippen molar-refractivity contribution in [1.29, 1.82) is 0 Å². The minimum absolute atomic E-state index is 0.292. The molecule has 0 bridgehead atoms. The van der Waals surface area contributed by atoms with Gasteiger partial charge in [0.15, 0.2) is 5.82 Å². The number of hydrogen-bond acceptors (Lipinski definition) is 8. The second kappa shape index (κ2) is 6.38. The van der Waals surface area contributed by atoms with E-state index in [0.29, 0.717) is 30.3 Å². The zero-order valence-corrected chi connectivity index (χ0v) is 13.0. The maximum absolute atomic E-state index is 5.63. The lowest BCUT2D eigenvalue weighted by Crippen LogP contribution is -2.35. The number of ether oxygens (including phenoxy) is 1. The highest BCUT2D eigenvalue weighted by Gasteiger charge is 2.24. The second-order valence-electron chi connectivity index (χ2n) is 5.58. The summed E-state index contributed by atoms with van der Waals surface area (Å²) in [6.45, 7) is 6.66. The molecule has 0 aliphatic carbocycles. The molecule has 0 N–H and O–H groups in total. The minimum atomic E-state index is 0.292. The molecule has 0 aromatic carbocycles. The van der Waals surface area contributed by atoms with Gasteiger partial charge in [-0.3, -0.25) is 0 Å². The quantitative estimate of drug-likeness (QED) is 0.838. The molecule has 0 saturated carbocycles. The molecule has 0 unspecified atom stereocenters. The van der Waals surface area contributed by atoms with Crippen molar-refractivity contribution in [2.45, 2.75) is 32.6 Å². The number of hydrogen-bond donors (Lipinski definition) is 0. The minimum Gasteiger partial charge on any atom is -0.476 e. The largest absolute Gasteiger partial charge is 0.476 e. The van der Waals surface area contributed by atoms with E-state index in [1.807, 2.05) is 0 Å². The Kier molecular flexibility index (Phi) is 4.33. The van der Waals surface area contributed by atoms with Crippen molar-refractivity contribution < 1.29 is 9.26 Å². The lowest BCUT2D eigenvalue weighted by Gasteiger charge is -2.30. The maximum Gasteiger partial charge on any atom is 0.324 e. The Hall–Kier alpha value is -1.70. The fraction of sp³-hybridized carbons (Fsp3) is 0.692. The first-order chi connectivity index (χ1) is 10.2. The molecule has 2 aromatic heterocycles. The van der Waals surface area contributed by atoms with Gasteiger partial charge in [-0.15, -0.1) is 4.37 Å². The third-order valence-electron chi connectivity index (χ3n) is 3.64. The first-order valence-corrected chi connectivity index (χ1v) is 7.94. The van der Waals surface area contributed by atoms with E-state index >= 15 is 0 Å². The highest BCUT2D eigenvalue weighted by Crippen LogP contribution is 2.24. The van der Waals surface area contributed by atoms with Crippen LogP contribution in [0.4, 0.5) is 6.01 Å².